The lowest BCUT2D eigenvalue weighted by atomic mass is 9.83. The fraction of sp³-hybridized carbons (Fsp3) is 0.891. The van der Waals surface area contributed by atoms with Gasteiger partial charge in [-0.2, -0.15) is 0 Å². The topological polar surface area (TPSA) is 182 Å². The largest absolute Gasteiger partial charge is 0.390 e. The van der Waals surface area contributed by atoms with Crippen molar-refractivity contribution in [1.82, 2.24) is 0 Å². The van der Waals surface area contributed by atoms with E-state index in [-0.39, 0.29) is 0 Å². The number of hydrogen-bond donors (Lipinski definition) is 9. The quantitative estimate of drug-likeness (QED) is 0.0271. The molecule has 0 aliphatic rings. The van der Waals surface area contributed by atoms with Crippen molar-refractivity contribution >= 4 is 0 Å². The molecule has 0 aromatic rings. The second-order valence-electron chi connectivity index (χ2n) is 23.8. The maximum Gasteiger partial charge on any atom is 0.0800 e. The number of hydrogen-bond acceptors (Lipinski definition) is 9. The van der Waals surface area contributed by atoms with E-state index in [1.165, 1.54) is 11.1 Å². The van der Waals surface area contributed by atoms with Gasteiger partial charge in [0, 0.05) is 0 Å². The van der Waals surface area contributed by atoms with Crippen molar-refractivity contribution in [2.45, 2.75) is 313 Å². The van der Waals surface area contributed by atoms with Crippen molar-refractivity contribution in [3.63, 3.8) is 0 Å². The summed E-state index contributed by atoms with van der Waals surface area (Å²) >= 11 is 0. The first-order chi connectivity index (χ1) is 29.0. The van der Waals surface area contributed by atoms with E-state index in [0.29, 0.717) is 148 Å². The van der Waals surface area contributed by atoms with Crippen LogP contribution in [0.4, 0.5) is 0 Å². The van der Waals surface area contributed by atoms with Crippen LogP contribution in [0.5, 0.6) is 0 Å². The molecule has 0 aromatic carbocycles. The van der Waals surface area contributed by atoms with Crippen LogP contribution in [-0.4, -0.2) is 96.4 Å². The van der Waals surface area contributed by atoms with E-state index in [1.54, 1.807) is 13.0 Å². The summed E-state index contributed by atoms with van der Waals surface area (Å²) in [5.74, 6) is 0. The lowest BCUT2D eigenvalue weighted by molar-refractivity contribution is -0.00863. The summed E-state index contributed by atoms with van der Waals surface area (Å²) in [6.45, 7) is 26.4. The highest BCUT2D eigenvalue weighted by Gasteiger charge is 2.31. The predicted molar refractivity (Wildman–Crippen MR) is 268 cm³/mol. The van der Waals surface area contributed by atoms with Crippen LogP contribution in [0.3, 0.4) is 0 Å². The smallest absolute Gasteiger partial charge is 0.0800 e. The van der Waals surface area contributed by atoms with Crippen LogP contribution in [0.25, 0.3) is 0 Å². The van der Waals surface area contributed by atoms with Gasteiger partial charge in [-0.3, -0.25) is 0 Å². The van der Waals surface area contributed by atoms with Crippen molar-refractivity contribution in [3.8, 4) is 0 Å². The van der Waals surface area contributed by atoms with Crippen LogP contribution >= 0.6 is 0 Å². The first kappa shape index (κ1) is 62.9. The molecule has 9 nitrogen and oxygen atoms in total. The highest BCUT2D eigenvalue weighted by atomic mass is 16.3. The van der Waals surface area contributed by atoms with Gasteiger partial charge in [-0.25, -0.2) is 0 Å². The highest BCUT2D eigenvalue weighted by molar-refractivity contribution is 5.01. The summed E-state index contributed by atoms with van der Waals surface area (Å²) in [7, 11) is 0. The molecule has 0 rings (SSSR count). The van der Waals surface area contributed by atoms with Crippen LogP contribution in [-0.2, 0) is 0 Å². The zero-order valence-corrected chi connectivity index (χ0v) is 43.8. The molecule has 9 heteroatoms. The Balaban J connectivity index is 4.43. The molecule has 0 spiro atoms. The molecule has 0 aliphatic carbocycles. The number of aliphatic hydroxyl groups is 9. The molecule has 0 aliphatic heterocycles. The number of rotatable bonds is 39. The molecule has 0 amide bonds. The predicted octanol–water partition coefficient (Wildman–Crippen LogP) is 11.8. The summed E-state index contributed by atoms with van der Waals surface area (Å²) < 4.78 is 0. The molecule has 0 radical (unpaired) electrons. The highest BCUT2D eigenvalue weighted by Crippen LogP contribution is 2.33. The van der Waals surface area contributed by atoms with Crippen molar-refractivity contribution in [2.24, 2.45) is 0 Å². The SMILES string of the molecule is C=CC(C)(O)CCC=C(C)CCCC(C)(O)CCCC(C)(O)CCCC(C)(O)CCCC(C)(O)CCCC(C)(O)CCCC(C)(O)CCCC(C)(O)CCCC(C)(O)CCC=C(C)C. The fourth-order valence-electron chi connectivity index (χ4n) is 9.19. The Bertz CT molecular complexity index is 1330. The molecule has 380 valence electrons. The Labute approximate surface area is 394 Å². The monoisotopic (exact) mass is 911 g/mol. The Kier molecular flexibility index (Phi) is 27.9. The lowest BCUT2D eigenvalue weighted by Crippen LogP contribution is -2.31. The third kappa shape index (κ3) is 35.1. The second-order valence-corrected chi connectivity index (χ2v) is 23.8. The first-order valence-electron chi connectivity index (χ1n) is 25.5. The van der Waals surface area contributed by atoms with Gasteiger partial charge in [0.2, 0.25) is 0 Å². The Morgan fingerprint density at radius 2 is 0.547 bits per heavy atom. The van der Waals surface area contributed by atoms with Crippen LogP contribution < -0.4 is 0 Å². The molecule has 0 saturated carbocycles. The minimum atomic E-state index is -0.908. The van der Waals surface area contributed by atoms with E-state index in [0.717, 1.165) is 32.1 Å². The lowest BCUT2D eigenvalue weighted by Gasteiger charge is -2.31. The van der Waals surface area contributed by atoms with E-state index in [2.05, 4.69) is 39.5 Å². The van der Waals surface area contributed by atoms with Crippen molar-refractivity contribution in [1.29, 1.82) is 0 Å². The maximum atomic E-state index is 11.1. The molecule has 0 fully saturated rings. The van der Waals surface area contributed by atoms with Crippen LogP contribution in [0, 0.1) is 0 Å². The standard InChI is InChI=1S/C55H106O9/c1-14-47(5,56)28-16-26-46(4)27-17-30-49(7,58)32-19-34-51(9,60)36-21-38-53(11,62)40-23-42-55(13,64)44-24-43-54(12,63)41-22-39-52(10,61)37-20-35-50(8,59)33-18-31-48(6,57)29-15-25-45(2)3/h14,25-26,56-64H,1,15-24,27-44H2,2-13H3. The van der Waals surface area contributed by atoms with Gasteiger partial charge in [-0.15, -0.1) is 6.58 Å². The summed E-state index contributed by atoms with van der Waals surface area (Å²) in [6, 6.07) is 0. The molecule has 64 heavy (non-hydrogen) atoms. The van der Waals surface area contributed by atoms with Gasteiger partial charge in [0.15, 0.2) is 0 Å². The Morgan fingerprint density at radius 3 is 0.781 bits per heavy atom. The van der Waals surface area contributed by atoms with E-state index in [4.69, 9.17) is 0 Å². The van der Waals surface area contributed by atoms with Gasteiger partial charge in [0.05, 0.1) is 50.4 Å². The molecule has 0 heterocycles. The van der Waals surface area contributed by atoms with Gasteiger partial charge in [0.25, 0.3) is 0 Å². The molecule has 9 unspecified atom stereocenters. The van der Waals surface area contributed by atoms with Crippen molar-refractivity contribution in [3.05, 3.63) is 36.0 Å². The minimum absolute atomic E-state index is 0.546. The molecule has 0 aromatic heterocycles. The maximum absolute atomic E-state index is 11.1. The van der Waals surface area contributed by atoms with Crippen LogP contribution in [0.2, 0.25) is 0 Å². The zero-order valence-electron chi connectivity index (χ0n) is 43.8. The fourth-order valence-corrected chi connectivity index (χ4v) is 9.19. The first-order valence-corrected chi connectivity index (χ1v) is 25.5. The summed E-state index contributed by atoms with van der Waals surface area (Å²) in [6.07, 6.45) is 24.2. The molecule has 9 N–H and O–H groups in total. The third-order valence-corrected chi connectivity index (χ3v) is 14.1. The zero-order chi connectivity index (χ0) is 49.6. The molecule has 0 saturated heterocycles. The minimum Gasteiger partial charge on any atom is -0.390 e. The molecule has 0 bridgehead atoms. The van der Waals surface area contributed by atoms with Gasteiger partial charge in [-0.05, 0) is 263 Å². The van der Waals surface area contributed by atoms with Gasteiger partial charge >= 0.3 is 0 Å². The molecule has 9 atom stereocenters. The van der Waals surface area contributed by atoms with E-state index >= 15 is 0 Å². The Morgan fingerprint density at radius 1 is 0.328 bits per heavy atom. The Hall–Kier alpha value is -1.14. The summed E-state index contributed by atoms with van der Waals surface area (Å²) in [5, 5.41) is 98.2. The summed E-state index contributed by atoms with van der Waals surface area (Å²) in [4.78, 5) is 0. The van der Waals surface area contributed by atoms with Gasteiger partial charge in [-0.1, -0.05) is 29.4 Å². The molecular weight excluding hydrogens is 805 g/mol. The summed E-state index contributed by atoms with van der Waals surface area (Å²) in [5.41, 5.74) is -5.19. The normalized spacial score (nSPS) is 21.1. The van der Waals surface area contributed by atoms with E-state index < -0.39 is 50.4 Å². The van der Waals surface area contributed by atoms with Crippen LogP contribution in [0.15, 0.2) is 36.0 Å². The van der Waals surface area contributed by atoms with Gasteiger partial charge < -0.3 is 46.0 Å². The molecular formula is C55H106O9. The average Bonchev–Trinajstić information content (AvgIpc) is 3.09. The average molecular weight is 911 g/mol. The van der Waals surface area contributed by atoms with Crippen molar-refractivity contribution in [2.75, 3.05) is 0 Å². The van der Waals surface area contributed by atoms with E-state index in [9.17, 15) is 46.0 Å². The van der Waals surface area contributed by atoms with Crippen molar-refractivity contribution < 1.29 is 46.0 Å². The third-order valence-electron chi connectivity index (χ3n) is 14.1. The number of allylic oxidation sites excluding steroid dienone is 4. The van der Waals surface area contributed by atoms with E-state index in [1.807, 2.05) is 55.4 Å². The van der Waals surface area contributed by atoms with Crippen LogP contribution in [0.1, 0.15) is 263 Å². The second kappa shape index (κ2) is 28.4. The van der Waals surface area contributed by atoms with Gasteiger partial charge in [0.1, 0.15) is 0 Å².